The van der Waals surface area contributed by atoms with Crippen LogP contribution in [0.25, 0.3) is 0 Å². The lowest BCUT2D eigenvalue weighted by molar-refractivity contribution is 0.0796. The molecule has 0 heterocycles. The van der Waals surface area contributed by atoms with Gasteiger partial charge < -0.3 is 9.64 Å². The van der Waals surface area contributed by atoms with Crippen LogP contribution in [0.2, 0.25) is 0 Å². The predicted molar refractivity (Wildman–Crippen MR) is 106 cm³/mol. The molecular weight excluding hydrogens is 364 g/mol. The lowest BCUT2D eigenvalue weighted by Gasteiger charge is -2.19. The topological polar surface area (TPSA) is 66.9 Å². The summed E-state index contributed by atoms with van der Waals surface area (Å²) in [6, 6.07) is 12.4. The minimum atomic E-state index is -3.61. The second kappa shape index (κ2) is 8.54. The number of carbonyl (C=O) groups excluding carboxylic acids is 1. The SMILES string of the molecule is COc1ccccc1CCN(C)C(=O)c1ccc(C)c(S(=O)(=O)N(C)C)c1. The number of likely N-dealkylation sites (N-methyl/N-ethyl adjacent to an activating group) is 1. The Morgan fingerprint density at radius 3 is 2.37 bits per heavy atom. The van der Waals surface area contributed by atoms with Gasteiger partial charge in [0.2, 0.25) is 10.0 Å². The van der Waals surface area contributed by atoms with Crippen molar-refractivity contribution in [3.63, 3.8) is 0 Å². The highest BCUT2D eigenvalue weighted by atomic mass is 32.2. The molecule has 0 N–H and O–H groups in total. The average molecular weight is 391 g/mol. The van der Waals surface area contributed by atoms with Gasteiger partial charge in [-0.05, 0) is 42.7 Å². The van der Waals surface area contributed by atoms with E-state index in [1.54, 1.807) is 38.1 Å². The summed E-state index contributed by atoms with van der Waals surface area (Å²) < 4.78 is 31.4. The van der Waals surface area contributed by atoms with E-state index in [9.17, 15) is 13.2 Å². The summed E-state index contributed by atoms with van der Waals surface area (Å²) in [5.41, 5.74) is 1.97. The fraction of sp³-hybridized carbons (Fsp3) is 0.350. The third-order valence-electron chi connectivity index (χ3n) is 4.45. The monoisotopic (exact) mass is 390 g/mol. The second-order valence-electron chi connectivity index (χ2n) is 6.56. The molecule has 2 aromatic rings. The van der Waals surface area contributed by atoms with Gasteiger partial charge in [-0.25, -0.2) is 12.7 Å². The Labute approximate surface area is 161 Å². The van der Waals surface area contributed by atoms with Gasteiger partial charge in [0.1, 0.15) is 5.75 Å². The van der Waals surface area contributed by atoms with Crippen LogP contribution in [-0.2, 0) is 16.4 Å². The van der Waals surface area contributed by atoms with Gasteiger partial charge in [0.25, 0.3) is 5.91 Å². The Kier molecular flexibility index (Phi) is 6.62. The van der Waals surface area contributed by atoms with Crippen molar-refractivity contribution in [1.82, 2.24) is 9.21 Å². The number of nitrogens with zero attached hydrogens (tertiary/aromatic N) is 2. The van der Waals surface area contributed by atoms with Gasteiger partial charge in [0.05, 0.1) is 12.0 Å². The van der Waals surface area contributed by atoms with Gasteiger partial charge in [0, 0.05) is 33.3 Å². The van der Waals surface area contributed by atoms with E-state index in [4.69, 9.17) is 4.74 Å². The first-order valence-corrected chi connectivity index (χ1v) is 10.0. The molecule has 0 bridgehead atoms. The van der Waals surface area contributed by atoms with Gasteiger partial charge >= 0.3 is 0 Å². The molecule has 0 saturated heterocycles. The lowest BCUT2D eigenvalue weighted by atomic mass is 10.1. The molecule has 0 aliphatic heterocycles. The summed E-state index contributed by atoms with van der Waals surface area (Å²) in [4.78, 5) is 14.5. The van der Waals surface area contributed by atoms with E-state index in [0.29, 0.717) is 24.1 Å². The van der Waals surface area contributed by atoms with Crippen molar-refractivity contribution in [2.45, 2.75) is 18.2 Å². The van der Waals surface area contributed by atoms with Crippen molar-refractivity contribution in [2.24, 2.45) is 0 Å². The summed E-state index contributed by atoms with van der Waals surface area (Å²) in [6.45, 7) is 2.21. The van der Waals surface area contributed by atoms with Crippen molar-refractivity contribution in [1.29, 1.82) is 0 Å². The fourth-order valence-electron chi connectivity index (χ4n) is 2.73. The lowest BCUT2D eigenvalue weighted by Crippen LogP contribution is -2.29. The summed E-state index contributed by atoms with van der Waals surface area (Å²) >= 11 is 0. The molecule has 0 spiro atoms. The molecule has 2 aromatic carbocycles. The number of rotatable bonds is 7. The van der Waals surface area contributed by atoms with Crippen LogP contribution < -0.4 is 4.74 Å². The van der Waals surface area contributed by atoms with E-state index >= 15 is 0 Å². The molecule has 0 fully saturated rings. The minimum Gasteiger partial charge on any atom is -0.496 e. The molecule has 0 atom stereocenters. The van der Waals surface area contributed by atoms with E-state index in [1.165, 1.54) is 20.2 Å². The molecule has 0 aliphatic carbocycles. The van der Waals surface area contributed by atoms with Gasteiger partial charge in [0.15, 0.2) is 0 Å². The van der Waals surface area contributed by atoms with Gasteiger partial charge in [-0.3, -0.25) is 4.79 Å². The highest BCUT2D eigenvalue weighted by Crippen LogP contribution is 2.21. The van der Waals surface area contributed by atoms with E-state index in [-0.39, 0.29) is 10.8 Å². The highest BCUT2D eigenvalue weighted by molar-refractivity contribution is 7.89. The van der Waals surface area contributed by atoms with E-state index in [0.717, 1.165) is 15.6 Å². The first-order valence-electron chi connectivity index (χ1n) is 8.59. The number of aryl methyl sites for hydroxylation is 1. The molecular formula is C20H26N2O4S. The van der Waals surface area contributed by atoms with Gasteiger partial charge in [-0.1, -0.05) is 24.3 Å². The number of sulfonamides is 1. The van der Waals surface area contributed by atoms with Crippen LogP contribution in [0.4, 0.5) is 0 Å². The molecule has 6 nitrogen and oxygen atoms in total. The number of methoxy groups -OCH3 is 1. The molecule has 0 radical (unpaired) electrons. The van der Waals surface area contributed by atoms with Crippen LogP contribution in [-0.4, -0.2) is 58.3 Å². The minimum absolute atomic E-state index is 0.150. The van der Waals surface area contributed by atoms with Crippen molar-refractivity contribution >= 4 is 15.9 Å². The Bertz CT molecular complexity index is 923. The summed E-state index contributed by atoms with van der Waals surface area (Å²) in [5.74, 6) is 0.563. The molecule has 146 valence electrons. The maximum absolute atomic E-state index is 12.8. The van der Waals surface area contributed by atoms with E-state index < -0.39 is 10.0 Å². The van der Waals surface area contributed by atoms with Gasteiger partial charge in [-0.15, -0.1) is 0 Å². The van der Waals surface area contributed by atoms with E-state index in [1.807, 2.05) is 24.3 Å². The first-order chi connectivity index (χ1) is 12.7. The van der Waals surface area contributed by atoms with Crippen molar-refractivity contribution in [2.75, 3.05) is 34.8 Å². The molecule has 2 rings (SSSR count). The summed E-state index contributed by atoms with van der Waals surface area (Å²) in [7, 11) is 2.67. The quantitative estimate of drug-likeness (QED) is 0.729. The Morgan fingerprint density at radius 1 is 1.07 bits per heavy atom. The molecule has 0 aromatic heterocycles. The summed E-state index contributed by atoms with van der Waals surface area (Å²) in [6.07, 6.45) is 0.640. The van der Waals surface area contributed by atoms with Crippen LogP contribution in [0.15, 0.2) is 47.4 Å². The maximum atomic E-state index is 12.8. The van der Waals surface area contributed by atoms with Crippen LogP contribution in [0, 0.1) is 6.92 Å². The molecule has 1 amide bonds. The van der Waals surface area contributed by atoms with Crippen LogP contribution in [0.3, 0.4) is 0 Å². The molecule has 0 aliphatic rings. The first kappa shape index (κ1) is 20.9. The zero-order chi connectivity index (χ0) is 20.2. The normalized spacial score (nSPS) is 11.5. The number of benzene rings is 2. The number of para-hydroxylation sites is 1. The molecule has 7 heteroatoms. The third-order valence-corrected chi connectivity index (χ3v) is 6.41. The largest absolute Gasteiger partial charge is 0.496 e. The predicted octanol–water partition coefficient (Wildman–Crippen LogP) is 2.57. The standard InChI is InChI=1S/C20H26N2O4S/c1-15-10-11-17(14-19(15)27(24,25)21(2)3)20(23)22(4)13-12-16-8-6-7-9-18(16)26-5/h6-11,14H,12-13H2,1-5H3. The van der Waals surface area contributed by atoms with Crippen molar-refractivity contribution in [3.05, 3.63) is 59.2 Å². The van der Waals surface area contributed by atoms with Crippen LogP contribution in [0.5, 0.6) is 5.75 Å². The smallest absolute Gasteiger partial charge is 0.253 e. The third kappa shape index (κ3) is 4.67. The number of carbonyl (C=O) groups is 1. The zero-order valence-corrected chi connectivity index (χ0v) is 17.2. The van der Waals surface area contributed by atoms with Crippen LogP contribution in [0.1, 0.15) is 21.5 Å². The number of hydrogen-bond donors (Lipinski definition) is 0. The number of amides is 1. The fourth-order valence-corrected chi connectivity index (χ4v) is 3.87. The maximum Gasteiger partial charge on any atom is 0.253 e. The zero-order valence-electron chi connectivity index (χ0n) is 16.4. The molecule has 27 heavy (non-hydrogen) atoms. The van der Waals surface area contributed by atoms with E-state index in [2.05, 4.69) is 0 Å². The Hall–Kier alpha value is -2.38. The van der Waals surface area contributed by atoms with Crippen LogP contribution >= 0.6 is 0 Å². The summed E-state index contributed by atoms with van der Waals surface area (Å²) in [5, 5.41) is 0. The average Bonchev–Trinajstić information content (AvgIpc) is 2.65. The van der Waals surface area contributed by atoms with Crippen molar-refractivity contribution < 1.29 is 17.9 Å². The Morgan fingerprint density at radius 2 is 1.74 bits per heavy atom. The second-order valence-corrected chi connectivity index (χ2v) is 8.68. The Balaban J connectivity index is 2.20. The molecule has 0 unspecified atom stereocenters. The molecule has 0 saturated carbocycles. The number of hydrogen-bond acceptors (Lipinski definition) is 4. The number of ether oxygens (including phenoxy) is 1. The van der Waals surface area contributed by atoms with Crippen molar-refractivity contribution in [3.8, 4) is 5.75 Å². The van der Waals surface area contributed by atoms with Gasteiger partial charge in [-0.2, -0.15) is 0 Å². The highest BCUT2D eigenvalue weighted by Gasteiger charge is 2.22.